The summed E-state index contributed by atoms with van der Waals surface area (Å²) in [5, 5.41) is 0. The first-order valence-electron chi connectivity index (χ1n) is 5.57. The average molecular weight is 253 g/mol. The predicted molar refractivity (Wildman–Crippen MR) is 69.7 cm³/mol. The molecule has 3 nitrogen and oxygen atoms in total. The second-order valence-corrected chi connectivity index (χ2v) is 9.21. The van der Waals surface area contributed by atoms with Crippen LogP contribution in [0, 0.1) is 0 Å². The van der Waals surface area contributed by atoms with E-state index >= 15 is 0 Å². The molecule has 0 saturated heterocycles. The van der Waals surface area contributed by atoms with Gasteiger partial charge in [-0.05, 0) is 25.6 Å². The standard InChI is InChI=1S/C10H24NO2PS/c1-10(2)14(12,15-3)13-9-7-5-4-6-8-11/h10H,4-9,11H2,1-3H3. The van der Waals surface area contributed by atoms with Crippen molar-refractivity contribution in [3.63, 3.8) is 0 Å². The zero-order chi connectivity index (χ0) is 11.7. The summed E-state index contributed by atoms with van der Waals surface area (Å²) in [4.78, 5) is 0. The quantitative estimate of drug-likeness (QED) is 0.505. The fourth-order valence-corrected chi connectivity index (χ4v) is 4.22. The molecular weight excluding hydrogens is 229 g/mol. The third-order valence-electron chi connectivity index (χ3n) is 2.26. The molecule has 0 aromatic rings. The lowest BCUT2D eigenvalue weighted by Crippen LogP contribution is -2.01. The fourth-order valence-electron chi connectivity index (χ4n) is 1.20. The van der Waals surface area contributed by atoms with Gasteiger partial charge in [0.2, 0.25) is 0 Å². The molecule has 5 heteroatoms. The summed E-state index contributed by atoms with van der Waals surface area (Å²) < 4.78 is 17.6. The van der Waals surface area contributed by atoms with E-state index in [0.717, 1.165) is 32.2 Å². The molecular formula is C10H24NO2PS. The molecule has 0 aromatic carbocycles. The molecule has 0 aromatic heterocycles. The summed E-state index contributed by atoms with van der Waals surface area (Å²) in [6.07, 6.45) is 6.17. The smallest absolute Gasteiger partial charge is 0.259 e. The molecule has 0 fully saturated rings. The van der Waals surface area contributed by atoms with Crippen LogP contribution in [-0.2, 0) is 9.09 Å². The molecule has 1 unspecified atom stereocenters. The molecule has 0 bridgehead atoms. The highest BCUT2D eigenvalue weighted by Gasteiger charge is 2.25. The largest absolute Gasteiger partial charge is 0.330 e. The van der Waals surface area contributed by atoms with Crippen molar-refractivity contribution in [2.75, 3.05) is 19.4 Å². The highest BCUT2D eigenvalue weighted by Crippen LogP contribution is 2.61. The molecule has 15 heavy (non-hydrogen) atoms. The summed E-state index contributed by atoms with van der Waals surface area (Å²) in [5.41, 5.74) is 5.50. The van der Waals surface area contributed by atoms with Crippen LogP contribution < -0.4 is 5.73 Å². The van der Waals surface area contributed by atoms with Gasteiger partial charge in [0.05, 0.1) is 6.61 Å². The summed E-state index contributed by atoms with van der Waals surface area (Å²) in [7, 11) is 0. The van der Waals surface area contributed by atoms with E-state index in [9.17, 15) is 4.57 Å². The van der Waals surface area contributed by atoms with Crippen LogP contribution in [0.1, 0.15) is 39.5 Å². The van der Waals surface area contributed by atoms with E-state index in [-0.39, 0.29) is 5.66 Å². The van der Waals surface area contributed by atoms with E-state index in [2.05, 4.69) is 0 Å². The Balaban J connectivity index is 3.60. The first kappa shape index (κ1) is 15.5. The highest BCUT2D eigenvalue weighted by atomic mass is 32.7. The topological polar surface area (TPSA) is 52.3 Å². The van der Waals surface area contributed by atoms with Crippen molar-refractivity contribution in [3.05, 3.63) is 0 Å². The minimum absolute atomic E-state index is 0.108. The van der Waals surface area contributed by atoms with E-state index in [1.54, 1.807) is 0 Å². The van der Waals surface area contributed by atoms with Gasteiger partial charge >= 0.3 is 0 Å². The molecule has 2 N–H and O–H groups in total. The van der Waals surface area contributed by atoms with Crippen LogP contribution >= 0.6 is 18.0 Å². The normalized spacial score (nSPS) is 15.5. The first-order valence-corrected chi connectivity index (χ1v) is 9.09. The van der Waals surface area contributed by atoms with Crippen molar-refractivity contribution in [1.82, 2.24) is 0 Å². The molecule has 0 spiro atoms. The van der Waals surface area contributed by atoms with Gasteiger partial charge in [-0.3, -0.25) is 4.57 Å². The molecule has 0 heterocycles. The third-order valence-corrected chi connectivity index (χ3v) is 7.68. The molecule has 0 rings (SSSR count). The lowest BCUT2D eigenvalue weighted by molar-refractivity contribution is 0.309. The molecule has 0 aliphatic heterocycles. The summed E-state index contributed by atoms with van der Waals surface area (Å²) >= 11 is 1.36. The van der Waals surface area contributed by atoms with E-state index < -0.39 is 6.57 Å². The molecule has 92 valence electrons. The minimum atomic E-state index is -2.44. The fraction of sp³-hybridized carbons (Fsp3) is 1.00. The third kappa shape index (κ3) is 6.62. The van der Waals surface area contributed by atoms with Gasteiger partial charge in [-0.25, -0.2) is 0 Å². The van der Waals surface area contributed by atoms with Crippen LogP contribution in [0.5, 0.6) is 0 Å². The van der Waals surface area contributed by atoms with Gasteiger partial charge in [0.15, 0.2) is 0 Å². The van der Waals surface area contributed by atoms with Crippen LogP contribution in [0.2, 0.25) is 0 Å². The van der Waals surface area contributed by atoms with Gasteiger partial charge < -0.3 is 10.3 Å². The van der Waals surface area contributed by atoms with Gasteiger partial charge in [0, 0.05) is 5.66 Å². The van der Waals surface area contributed by atoms with Crippen LogP contribution in [0.3, 0.4) is 0 Å². The van der Waals surface area contributed by atoms with Gasteiger partial charge in [-0.2, -0.15) is 0 Å². The first-order chi connectivity index (χ1) is 7.06. The predicted octanol–water partition coefficient (Wildman–Crippen LogP) is 3.49. The van der Waals surface area contributed by atoms with E-state index in [1.807, 2.05) is 20.1 Å². The minimum Gasteiger partial charge on any atom is -0.330 e. The van der Waals surface area contributed by atoms with Crippen molar-refractivity contribution in [2.24, 2.45) is 5.73 Å². The maximum Gasteiger partial charge on any atom is 0.259 e. The van der Waals surface area contributed by atoms with Crippen LogP contribution in [0.4, 0.5) is 0 Å². The van der Waals surface area contributed by atoms with Crippen molar-refractivity contribution >= 4 is 18.0 Å². The monoisotopic (exact) mass is 253 g/mol. The molecule has 0 aliphatic rings. The number of hydrogen-bond acceptors (Lipinski definition) is 4. The Morgan fingerprint density at radius 1 is 1.27 bits per heavy atom. The second kappa shape index (κ2) is 8.63. The van der Waals surface area contributed by atoms with E-state index in [0.29, 0.717) is 6.61 Å². The Kier molecular flexibility index (Phi) is 8.92. The van der Waals surface area contributed by atoms with Crippen LogP contribution in [0.15, 0.2) is 0 Å². The number of hydrogen-bond donors (Lipinski definition) is 1. The SMILES string of the molecule is CSP(=O)(OCCCCCCN)C(C)C. The van der Waals surface area contributed by atoms with Gasteiger partial charge in [-0.15, -0.1) is 0 Å². The Morgan fingerprint density at radius 3 is 2.33 bits per heavy atom. The molecule has 0 radical (unpaired) electrons. The molecule has 0 saturated carbocycles. The van der Waals surface area contributed by atoms with Crippen LogP contribution in [-0.4, -0.2) is 25.1 Å². The summed E-state index contributed by atoms with van der Waals surface area (Å²) in [6.45, 7) is 2.84. The summed E-state index contributed by atoms with van der Waals surface area (Å²) in [6, 6.07) is 0. The van der Waals surface area contributed by atoms with E-state index in [1.165, 1.54) is 11.4 Å². The van der Waals surface area contributed by atoms with Gasteiger partial charge in [-0.1, -0.05) is 38.1 Å². The van der Waals surface area contributed by atoms with Crippen molar-refractivity contribution < 1.29 is 9.09 Å². The van der Waals surface area contributed by atoms with Crippen molar-refractivity contribution in [2.45, 2.75) is 45.2 Å². The van der Waals surface area contributed by atoms with Gasteiger partial charge in [0.1, 0.15) is 0 Å². The van der Waals surface area contributed by atoms with Crippen molar-refractivity contribution in [1.29, 1.82) is 0 Å². The number of unbranched alkanes of at least 4 members (excludes halogenated alkanes) is 3. The average Bonchev–Trinajstić information content (AvgIpc) is 2.22. The van der Waals surface area contributed by atoms with Crippen molar-refractivity contribution in [3.8, 4) is 0 Å². The lowest BCUT2D eigenvalue weighted by Gasteiger charge is -2.19. The maximum atomic E-state index is 12.1. The Hall–Kier alpha value is 0.500. The summed E-state index contributed by atoms with van der Waals surface area (Å²) in [5.74, 6) is 0. The maximum absolute atomic E-state index is 12.1. The zero-order valence-electron chi connectivity index (χ0n) is 10.1. The number of rotatable bonds is 9. The zero-order valence-corrected chi connectivity index (χ0v) is 11.8. The second-order valence-electron chi connectivity index (χ2n) is 3.85. The highest BCUT2D eigenvalue weighted by molar-refractivity contribution is 8.56. The Labute approximate surface area is 97.7 Å². The molecule has 1 atom stereocenters. The molecule has 0 aliphatic carbocycles. The molecule has 0 amide bonds. The Morgan fingerprint density at radius 2 is 1.87 bits per heavy atom. The number of nitrogens with two attached hydrogens (primary N) is 1. The lowest BCUT2D eigenvalue weighted by atomic mass is 10.2. The Bertz CT molecular complexity index is 200. The van der Waals surface area contributed by atoms with Crippen LogP contribution in [0.25, 0.3) is 0 Å². The van der Waals surface area contributed by atoms with E-state index in [4.69, 9.17) is 10.3 Å². The van der Waals surface area contributed by atoms with Gasteiger partial charge in [0.25, 0.3) is 6.57 Å².